The van der Waals surface area contributed by atoms with Crippen LogP contribution in [-0.2, 0) is 4.79 Å². The second-order valence-electron chi connectivity index (χ2n) is 5.07. The number of hydrogen-bond acceptors (Lipinski definition) is 1. The summed E-state index contributed by atoms with van der Waals surface area (Å²) in [6, 6.07) is 4.93. The van der Waals surface area contributed by atoms with Crippen LogP contribution >= 0.6 is 46.4 Å². The zero-order chi connectivity index (χ0) is 14.4. The van der Waals surface area contributed by atoms with E-state index >= 15 is 0 Å². The molecule has 0 spiro atoms. The van der Waals surface area contributed by atoms with Gasteiger partial charge in [-0.3, -0.25) is 4.79 Å². The first-order valence-electron chi connectivity index (χ1n) is 5.81. The topological polar surface area (TPSA) is 29.1 Å². The molecular weight excluding hydrogens is 328 g/mol. The number of amides is 1. The quantitative estimate of drug-likeness (QED) is 0.790. The summed E-state index contributed by atoms with van der Waals surface area (Å²) >= 11 is 23.9. The fourth-order valence-corrected chi connectivity index (χ4v) is 3.21. The van der Waals surface area contributed by atoms with Crippen molar-refractivity contribution < 1.29 is 4.79 Å². The summed E-state index contributed by atoms with van der Waals surface area (Å²) in [5.41, 5.74) is 0.0712. The van der Waals surface area contributed by atoms with Crippen LogP contribution in [-0.4, -0.2) is 10.2 Å². The maximum Gasteiger partial charge on any atom is 0.229 e. The third-order valence-electron chi connectivity index (χ3n) is 3.54. The van der Waals surface area contributed by atoms with Crippen LogP contribution < -0.4 is 5.32 Å². The van der Waals surface area contributed by atoms with Crippen molar-refractivity contribution >= 4 is 52.3 Å². The highest BCUT2D eigenvalue weighted by atomic mass is 35.5. The Hall–Kier alpha value is -0.150. The monoisotopic (exact) mass is 339 g/mol. The lowest BCUT2D eigenvalue weighted by atomic mass is 10.1. The average Bonchev–Trinajstić information content (AvgIpc) is 2.79. The normalized spacial score (nSPS) is 25.8. The van der Waals surface area contributed by atoms with Crippen molar-refractivity contribution in [2.75, 3.05) is 0 Å². The predicted molar refractivity (Wildman–Crippen MR) is 80.2 cm³/mol. The van der Waals surface area contributed by atoms with Gasteiger partial charge in [0.15, 0.2) is 0 Å². The molecule has 1 saturated carbocycles. The Morgan fingerprint density at radius 2 is 1.95 bits per heavy atom. The molecule has 1 aliphatic rings. The molecular formula is C13H13Cl4NO. The van der Waals surface area contributed by atoms with Crippen LogP contribution in [0, 0.1) is 5.41 Å². The van der Waals surface area contributed by atoms with Gasteiger partial charge in [-0.25, -0.2) is 0 Å². The van der Waals surface area contributed by atoms with Gasteiger partial charge in [-0.2, -0.15) is 0 Å². The summed E-state index contributed by atoms with van der Waals surface area (Å²) < 4.78 is -0.972. The molecule has 1 aromatic rings. The van der Waals surface area contributed by atoms with Crippen LogP contribution in [0.25, 0.3) is 0 Å². The SMILES string of the molecule is CC(NC(=O)C1(C)CC1(Cl)Cl)c1ccc(Cl)cc1Cl. The molecule has 0 saturated heterocycles. The molecule has 1 N–H and O–H groups in total. The molecule has 19 heavy (non-hydrogen) atoms. The minimum atomic E-state index is -0.972. The van der Waals surface area contributed by atoms with E-state index in [1.807, 2.05) is 6.92 Å². The van der Waals surface area contributed by atoms with Crippen molar-refractivity contribution in [1.82, 2.24) is 5.32 Å². The highest BCUT2D eigenvalue weighted by Crippen LogP contribution is 2.63. The lowest BCUT2D eigenvalue weighted by Gasteiger charge is -2.19. The molecule has 0 heterocycles. The van der Waals surface area contributed by atoms with E-state index in [1.54, 1.807) is 25.1 Å². The van der Waals surface area contributed by atoms with E-state index in [2.05, 4.69) is 5.32 Å². The zero-order valence-corrected chi connectivity index (χ0v) is 13.5. The molecule has 1 amide bonds. The molecule has 2 atom stereocenters. The highest BCUT2D eigenvalue weighted by Gasteiger charge is 2.67. The van der Waals surface area contributed by atoms with Gasteiger partial charge in [-0.15, -0.1) is 23.2 Å². The number of rotatable bonds is 3. The summed E-state index contributed by atoms with van der Waals surface area (Å²) in [5.74, 6) is -0.170. The first kappa shape index (κ1) is 15.2. The molecule has 2 unspecified atom stereocenters. The Labute approximate surface area is 132 Å². The predicted octanol–water partition coefficient (Wildman–Crippen LogP) is 4.75. The zero-order valence-electron chi connectivity index (χ0n) is 10.4. The van der Waals surface area contributed by atoms with E-state index < -0.39 is 9.75 Å². The van der Waals surface area contributed by atoms with Crippen molar-refractivity contribution in [3.05, 3.63) is 33.8 Å². The Balaban J connectivity index is 2.10. The summed E-state index contributed by atoms with van der Waals surface area (Å²) in [6.07, 6.45) is 0.454. The van der Waals surface area contributed by atoms with Crippen LogP contribution in [0.4, 0.5) is 0 Å². The van der Waals surface area contributed by atoms with Crippen LogP contribution in [0.3, 0.4) is 0 Å². The fourth-order valence-electron chi connectivity index (χ4n) is 1.93. The number of halogens is 4. The van der Waals surface area contributed by atoms with E-state index in [4.69, 9.17) is 46.4 Å². The Bertz CT molecular complexity index is 531. The van der Waals surface area contributed by atoms with E-state index in [9.17, 15) is 4.79 Å². The standard InChI is InChI=1S/C13H13Cl4NO/c1-7(9-4-3-8(14)5-10(9)15)18-11(19)12(2)6-13(12,16)17/h3-5,7H,6H2,1-2H3,(H,18,19). The van der Waals surface area contributed by atoms with Crippen LogP contribution in [0.1, 0.15) is 31.9 Å². The van der Waals surface area contributed by atoms with Crippen molar-refractivity contribution in [3.8, 4) is 0 Å². The Morgan fingerprint density at radius 1 is 1.37 bits per heavy atom. The summed E-state index contributed by atoms with van der Waals surface area (Å²) in [5, 5.41) is 3.95. The first-order valence-corrected chi connectivity index (χ1v) is 7.32. The second kappa shape index (κ2) is 5.00. The molecule has 1 aromatic carbocycles. The minimum Gasteiger partial charge on any atom is -0.349 e. The average molecular weight is 341 g/mol. The minimum absolute atomic E-state index is 0.170. The van der Waals surface area contributed by atoms with Gasteiger partial charge < -0.3 is 5.32 Å². The van der Waals surface area contributed by atoms with E-state index in [0.29, 0.717) is 16.5 Å². The third kappa shape index (κ3) is 2.82. The first-order chi connectivity index (χ1) is 8.67. The van der Waals surface area contributed by atoms with Crippen molar-refractivity contribution in [2.45, 2.75) is 30.6 Å². The third-order valence-corrected chi connectivity index (χ3v) is 5.20. The molecule has 0 bridgehead atoms. The van der Waals surface area contributed by atoms with Gasteiger partial charge in [0, 0.05) is 10.0 Å². The van der Waals surface area contributed by atoms with Gasteiger partial charge in [-0.1, -0.05) is 29.3 Å². The molecule has 1 aliphatic carbocycles. The number of nitrogens with one attached hydrogen (secondary N) is 1. The molecule has 2 nitrogen and oxygen atoms in total. The molecule has 104 valence electrons. The van der Waals surface area contributed by atoms with Crippen LogP contribution in [0.5, 0.6) is 0 Å². The molecule has 2 rings (SSSR count). The van der Waals surface area contributed by atoms with Gasteiger partial charge in [0.25, 0.3) is 0 Å². The second-order valence-corrected chi connectivity index (χ2v) is 7.40. The van der Waals surface area contributed by atoms with Gasteiger partial charge in [-0.05, 0) is 38.0 Å². The lowest BCUT2D eigenvalue weighted by Crippen LogP contribution is -2.35. The number of carbonyl (C=O) groups excluding carboxylic acids is 1. The summed E-state index contributed by atoms with van der Waals surface area (Å²) in [4.78, 5) is 12.2. The van der Waals surface area contributed by atoms with Gasteiger partial charge >= 0.3 is 0 Å². The molecule has 0 radical (unpaired) electrons. The van der Waals surface area contributed by atoms with E-state index in [-0.39, 0.29) is 11.9 Å². The Morgan fingerprint density at radius 3 is 2.42 bits per heavy atom. The van der Waals surface area contributed by atoms with Crippen molar-refractivity contribution in [2.24, 2.45) is 5.41 Å². The maximum atomic E-state index is 12.2. The van der Waals surface area contributed by atoms with Crippen LogP contribution in [0.2, 0.25) is 10.0 Å². The fraction of sp³-hybridized carbons (Fsp3) is 0.462. The number of alkyl halides is 2. The smallest absolute Gasteiger partial charge is 0.229 e. The molecule has 6 heteroatoms. The number of benzene rings is 1. The summed E-state index contributed by atoms with van der Waals surface area (Å²) in [6.45, 7) is 3.60. The largest absolute Gasteiger partial charge is 0.349 e. The molecule has 0 aromatic heterocycles. The lowest BCUT2D eigenvalue weighted by molar-refractivity contribution is -0.126. The highest BCUT2D eigenvalue weighted by molar-refractivity contribution is 6.53. The number of hydrogen-bond donors (Lipinski definition) is 1. The van der Waals surface area contributed by atoms with Crippen LogP contribution in [0.15, 0.2) is 18.2 Å². The van der Waals surface area contributed by atoms with E-state index in [0.717, 1.165) is 5.56 Å². The molecule has 1 fully saturated rings. The van der Waals surface area contributed by atoms with Gasteiger partial charge in [0.1, 0.15) is 4.33 Å². The van der Waals surface area contributed by atoms with Crippen molar-refractivity contribution in [1.29, 1.82) is 0 Å². The Kier molecular flexibility index (Phi) is 4.01. The van der Waals surface area contributed by atoms with Gasteiger partial charge in [0.05, 0.1) is 11.5 Å². The van der Waals surface area contributed by atoms with Gasteiger partial charge in [0.2, 0.25) is 5.91 Å². The number of carbonyl (C=O) groups is 1. The summed E-state index contributed by atoms with van der Waals surface area (Å²) in [7, 11) is 0. The van der Waals surface area contributed by atoms with E-state index in [1.165, 1.54) is 0 Å². The van der Waals surface area contributed by atoms with Crippen molar-refractivity contribution in [3.63, 3.8) is 0 Å². The maximum absolute atomic E-state index is 12.2. The molecule has 0 aliphatic heterocycles.